The summed E-state index contributed by atoms with van der Waals surface area (Å²) in [6.07, 6.45) is 9.66. The predicted octanol–water partition coefficient (Wildman–Crippen LogP) is 14.9. The lowest BCUT2D eigenvalue weighted by atomic mass is 9.96. The molecule has 5 aromatic heterocycles. The number of nitrogens with zero attached hydrogens (tertiary/aromatic N) is 6. The number of pyridine rings is 1. The molecule has 14 rings (SSSR count). The molecule has 70 heavy (non-hydrogen) atoms. The minimum absolute atomic E-state index is 0.711. The third-order valence-electron chi connectivity index (χ3n) is 13.9. The molecule has 7 heteroatoms. The molecular formula is C63H42N6O. The first-order valence-corrected chi connectivity index (χ1v) is 23.6. The van der Waals surface area contributed by atoms with Crippen LogP contribution in [0.2, 0.25) is 0 Å². The van der Waals surface area contributed by atoms with E-state index >= 15 is 0 Å². The number of ether oxygens (including phenoxy) is 1. The van der Waals surface area contributed by atoms with E-state index in [0.717, 1.165) is 78.0 Å². The number of hydrogen-bond donors (Lipinski definition) is 0. The van der Waals surface area contributed by atoms with Crippen molar-refractivity contribution in [3.05, 3.63) is 243 Å². The summed E-state index contributed by atoms with van der Waals surface area (Å²) in [6.45, 7) is 0. The van der Waals surface area contributed by atoms with Crippen molar-refractivity contribution >= 4 is 65.4 Å². The molecule has 0 N–H and O–H groups in total. The van der Waals surface area contributed by atoms with Gasteiger partial charge in [-0.25, -0.2) is 4.98 Å². The van der Waals surface area contributed by atoms with E-state index in [2.05, 4.69) is 244 Å². The van der Waals surface area contributed by atoms with Gasteiger partial charge < -0.3 is 13.9 Å². The van der Waals surface area contributed by atoms with Crippen LogP contribution in [0.3, 0.4) is 0 Å². The first kappa shape index (κ1) is 39.7. The second-order valence-corrected chi connectivity index (χ2v) is 17.8. The van der Waals surface area contributed by atoms with Crippen molar-refractivity contribution < 1.29 is 9.30 Å². The van der Waals surface area contributed by atoms with Crippen LogP contribution in [-0.2, 0) is 7.05 Å². The van der Waals surface area contributed by atoms with E-state index in [0.29, 0.717) is 11.5 Å². The zero-order valence-corrected chi connectivity index (χ0v) is 38.1. The van der Waals surface area contributed by atoms with Crippen molar-refractivity contribution in [2.75, 3.05) is 0 Å². The van der Waals surface area contributed by atoms with E-state index < -0.39 is 0 Å². The van der Waals surface area contributed by atoms with Gasteiger partial charge in [-0.1, -0.05) is 146 Å². The molecule has 0 saturated carbocycles. The van der Waals surface area contributed by atoms with E-state index in [-0.39, 0.29) is 0 Å². The van der Waals surface area contributed by atoms with Gasteiger partial charge in [0.05, 0.1) is 39.0 Å². The lowest BCUT2D eigenvalue weighted by molar-refractivity contribution is -0.599. The van der Waals surface area contributed by atoms with Crippen molar-refractivity contribution in [2.45, 2.75) is 0 Å². The average Bonchev–Trinajstić information content (AvgIpc) is 4.20. The molecule has 0 atom stereocenters. The SMILES string of the molecule is Cn1c2ccccc2c2c3c4ccccc4n(-c4ccccc4)c3c3c(c4ccc(Oc5cccc(-[n+]6[c-]n(-c7c(-c8ccccc8)cccc7-c7ccccc7)cc6)c5)cc4n3-c3ccccn3)c21. The highest BCUT2D eigenvalue weighted by Gasteiger charge is 2.28. The number of imidazole rings is 1. The van der Waals surface area contributed by atoms with Crippen LogP contribution in [0.25, 0.3) is 111 Å². The highest BCUT2D eigenvalue weighted by atomic mass is 16.5. The van der Waals surface area contributed by atoms with Gasteiger partial charge in [-0.3, -0.25) is 13.7 Å². The monoisotopic (exact) mass is 898 g/mol. The number of aryl methyl sites for hydroxylation is 1. The topological polar surface area (TPSA) is 45.7 Å². The fraction of sp³-hybridized carbons (Fsp3) is 0.0159. The quantitative estimate of drug-likeness (QED) is 0.113. The molecule has 9 aromatic carbocycles. The molecule has 14 aromatic rings. The zero-order chi connectivity index (χ0) is 46.3. The van der Waals surface area contributed by atoms with Gasteiger partial charge in [-0.15, -0.1) is 0 Å². The molecule has 0 aliphatic heterocycles. The molecule has 330 valence electrons. The first-order chi connectivity index (χ1) is 34.7. The molecule has 0 bridgehead atoms. The van der Waals surface area contributed by atoms with E-state index in [9.17, 15) is 0 Å². The van der Waals surface area contributed by atoms with Crippen LogP contribution in [0, 0.1) is 6.33 Å². The highest BCUT2D eigenvalue weighted by Crippen LogP contribution is 2.49. The summed E-state index contributed by atoms with van der Waals surface area (Å²) in [7, 11) is 2.20. The van der Waals surface area contributed by atoms with Crippen molar-refractivity contribution in [1.29, 1.82) is 0 Å². The summed E-state index contributed by atoms with van der Waals surface area (Å²) in [6, 6.07) is 76.8. The molecule has 0 aliphatic carbocycles. The number of para-hydroxylation sites is 4. The largest absolute Gasteiger partial charge is 0.458 e. The summed E-state index contributed by atoms with van der Waals surface area (Å²) >= 11 is 0. The smallest absolute Gasteiger partial charge is 0.268 e. The predicted molar refractivity (Wildman–Crippen MR) is 284 cm³/mol. The van der Waals surface area contributed by atoms with Crippen LogP contribution in [0.4, 0.5) is 0 Å². The maximum Gasteiger partial charge on any atom is 0.268 e. The summed E-state index contributed by atoms with van der Waals surface area (Å²) in [5, 5.41) is 7.16. The first-order valence-electron chi connectivity index (χ1n) is 23.6. The van der Waals surface area contributed by atoms with E-state index in [1.165, 1.54) is 32.6 Å². The Morgan fingerprint density at radius 1 is 0.471 bits per heavy atom. The van der Waals surface area contributed by atoms with Crippen LogP contribution in [-0.4, -0.2) is 23.3 Å². The standard InChI is InChI=1S/C63H42N6O/c1-65-53-31-13-11-27-50(53)57-58-51-28-12-14-32-54(51)68(44-23-9-4-10-24-44)62(58)63-59(61(57)65)52-35-34-47(40-55(52)69(63)56-33-15-16-36-64-56)70-46-26-17-25-45(39-46)66-37-38-67(41-66)60-48(42-19-5-2-6-20-42)29-18-30-49(60)43-21-7-3-8-22-43/h2-40H,1H3. The van der Waals surface area contributed by atoms with Gasteiger partial charge in [0, 0.05) is 75.2 Å². The third-order valence-corrected chi connectivity index (χ3v) is 13.9. The number of fused-ring (bicyclic) bond motifs is 12. The molecule has 0 amide bonds. The van der Waals surface area contributed by atoms with Crippen LogP contribution < -0.4 is 9.30 Å². The van der Waals surface area contributed by atoms with E-state index in [1.807, 2.05) is 29.0 Å². The summed E-state index contributed by atoms with van der Waals surface area (Å²) in [5.41, 5.74) is 14.3. The van der Waals surface area contributed by atoms with Crippen molar-refractivity contribution in [1.82, 2.24) is 23.3 Å². The Labute approximate surface area is 403 Å². The number of hydrogen-bond acceptors (Lipinski definition) is 2. The molecule has 0 fully saturated rings. The van der Waals surface area contributed by atoms with Crippen LogP contribution >= 0.6 is 0 Å². The third kappa shape index (κ3) is 6.08. The number of aromatic nitrogens is 6. The Hall–Kier alpha value is -9.46. The van der Waals surface area contributed by atoms with Gasteiger partial charge >= 0.3 is 0 Å². The molecule has 5 heterocycles. The average molecular weight is 899 g/mol. The minimum atomic E-state index is 0.711. The van der Waals surface area contributed by atoms with Crippen LogP contribution in [0.1, 0.15) is 0 Å². The lowest BCUT2D eigenvalue weighted by Gasteiger charge is -2.16. The molecule has 0 spiro atoms. The van der Waals surface area contributed by atoms with Gasteiger partial charge in [0.25, 0.3) is 6.33 Å². The lowest BCUT2D eigenvalue weighted by Crippen LogP contribution is -2.28. The molecule has 0 radical (unpaired) electrons. The van der Waals surface area contributed by atoms with Gasteiger partial charge in [0.2, 0.25) is 0 Å². The molecule has 0 aliphatic rings. The summed E-state index contributed by atoms with van der Waals surface area (Å²) in [4.78, 5) is 5.06. The summed E-state index contributed by atoms with van der Waals surface area (Å²) < 4.78 is 18.2. The molecular weight excluding hydrogens is 857 g/mol. The zero-order valence-electron chi connectivity index (χ0n) is 38.1. The van der Waals surface area contributed by atoms with Gasteiger partial charge in [0.1, 0.15) is 17.3 Å². The van der Waals surface area contributed by atoms with Gasteiger partial charge in [-0.05, 0) is 89.0 Å². The molecule has 0 saturated heterocycles. The Bertz CT molecular complexity index is 4260. The van der Waals surface area contributed by atoms with E-state index in [1.54, 1.807) is 0 Å². The van der Waals surface area contributed by atoms with Gasteiger partial charge in [0.15, 0.2) is 0 Å². The van der Waals surface area contributed by atoms with E-state index in [4.69, 9.17) is 9.72 Å². The Morgan fingerprint density at radius 3 is 1.80 bits per heavy atom. The van der Waals surface area contributed by atoms with Crippen molar-refractivity contribution in [2.24, 2.45) is 7.05 Å². The number of benzene rings is 9. The second-order valence-electron chi connectivity index (χ2n) is 17.8. The van der Waals surface area contributed by atoms with Gasteiger partial charge in [-0.2, -0.15) is 0 Å². The summed E-state index contributed by atoms with van der Waals surface area (Å²) in [5.74, 6) is 2.25. The fourth-order valence-corrected chi connectivity index (χ4v) is 10.9. The Balaban J connectivity index is 0.957. The highest BCUT2D eigenvalue weighted by molar-refractivity contribution is 6.40. The Kier molecular flexibility index (Phi) is 8.97. The normalized spacial score (nSPS) is 11.8. The Morgan fingerprint density at radius 2 is 1.07 bits per heavy atom. The molecule has 7 nitrogen and oxygen atoms in total. The van der Waals surface area contributed by atoms with Crippen LogP contribution in [0.15, 0.2) is 237 Å². The molecule has 0 unspecified atom stereocenters. The maximum atomic E-state index is 6.89. The van der Waals surface area contributed by atoms with Crippen molar-refractivity contribution in [3.63, 3.8) is 0 Å². The maximum absolute atomic E-state index is 6.89. The minimum Gasteiger partial charge on any atom is -0.458 e. The van der Waals surface area contributed by atoms with Crippen LogP contribution in [0.5, 0.6) is 11.5 Å². The fourth-order valence-electron chi connectivity index (χ4n) is 10.9. The second kappa shape index (κ2) is 15.8. The number of rotatable bonds is 8. The van der Waals surface area contributed by atoms with Crippen molar-refractivity contribution in [3.8, 4) is 56.6 Å².